The summed E-state index contributed by atoms with van der Waals surface area (Å²) >= 11 is 0. The van der Waals surface area contributed by atoms with E-state index in [-0.39, 0.29) is 12.1 Å². The Morgan fingerprint density at radius 3 is 2.65 bits per heavy atom. The normalized spacial score (nSPS) is 12.6. The minimum absolute atomic E-state index is 0.0129. The molecule has 0 bridgehead atoms. The maximum absolute atomic E-state index is 11.8. The Hall–Kier alpha value is -1.57. The molecule has 0 fully saturated rings. The predicted octanol–water partition coefficient (Wildman–Crippen LogP) is 3.98. The molecule has 1 atom stereocenters. The zero-order chi connectivity index (χ0) is 12.5. The monoisotopic (exact) mass is 232 g/mol. The van der Waals surface area contributed by atoms with Crippen LogP contribution in [0.25, 0.3) is 0 Å². The van der Waals surface area contributed by atoms with Crippen molar-refractivity contribution in [3.63, 3.8) is 0 Å². The fourth-order valence-electron chi connectivity index (χ4n) is 1.59. The van der Waals surface area contributed by atoms with Crippen molar-refractivity contribution in [1.29, 1.82) is 0 Å². The van der Waals surface area contributed by atoms with Gasteiger partial charge in [0.2, 0.25) is 0 Å². The number of carbonyl (C=O) groups excluding carboxylic acids is 1. The molecule has 92 valence electrons. The van der Waals surface area contributed by atoms with E-state index in [1.165, 1.54) is 0 Å². The van der Waals surface area contributed by atoms with Gasteiger partial charge in [-0.15, -0.1) is 0 Å². The van der Waals surface area contributed by atoms with Gasteiger partial charge in [0.05, 0.1) is 5.56 Å². The van der Waals surface area contributed by atoms with Crippen LogP contribution in [0.5, 0.6) is 0 Å². The van der Waals surface area contributed by atoms with Gasteiger partial charge in [-0.1, -0.05) is 37.3 Å². The van der Waals surface area contributed by atoms with Crippen molar-refractivity contribution < 1.29 is 9.53 Å². The first-order chi connectivity index (χ1) is 8.27. The van der Waals surface area contributed by atoms with E-state index >= 15 is 0 Å². The smallest absolute Gasteiger partial charge is 0.338 e. The first-order valence-corrected chi connectivity index (χ1v) is 6.15. The summed E-state index contributed by atoms with van der Waals surface area (Å²) in [5.41, 5.74) is 0.622. The predicted molar refractivity (Wildman–Crippen MR) is 70.0 cm³/mol. The zero-order valence-electron chi connectivity index (χ0n) is 10.6. The third kappa shape index (κ3) is 4.85. The number of allylic oxidation sites excluding steroid dienone is 2. The van der Waals surface area contributed by atoms with Gasteiger partial charge in [-0.05, 0) is 38.3 Å². The Balaban J connectivity index is 2.48. The molecule has 0 saturated heterocycles. The molecular formula is C15H20O2. The largest absolute Gasteiger partial charge is 0.459 e. The van der Waals surface area contributed by atoms with Crippen LogP contribution in [-0.2, 0) is 4.74 Å². The number of ether oxygens (including phenoxy) is 1. The number of rotatable bonds is 6. The van der Waals surface area contributed by atoms with Crippen LogP contribution in [0.2, 0.25) is 0 Å². The van der Waals surface area contributed by atoms with Crippen molar-refractivity contribution in [3.8, 4) is 0 Å². The number of hydrogen-bond acceptors (Lipinski definition) is 2. The highest BCUT2D eigenvalue weighted by Gasteiger charge is 2.13. The van der Waals surface area contributed by atoms with Gasteiger partial charge in [0.25, 0.3) is 0 Å². The van der Waals surface area contributed by atoms with Gasteiger partial charge in [-0.3, -0.25) is 0 Å². The molecule has 0 radical (unpaired) electrons. The van der Waals surface area contributed by atoms with Crippen LogP contribution in [0.3, 0.4) is 0 Å². The zero-order valence-corrected chi connectivity index (χ0v) is 10.6. The first-order valence-electron chi connectivity index (χ1n) is 6.15. The lowest BCUT2D eigenvalue weighted by Crippen LogP contribution is -2.17. The van der Waals surface area contributed by atoms with E-state index in [9.17, 15) is 4.79 Å². The van der Waals surface area contributed by atoms with Gasteiger partial charge >= 0.3 is 5.97 Å². The second kappa shape index (κ2) is 7.66. The minimum atomic E-state index is -0.224. The summed E-state index contributed by atoms with van der Waals surface area (Å²) in [6.07, 6.45) is 6.83. The van der Waals surface area contributed by atoms with Gasteiger partial charge in [0.1, 0.15) is 6.10 Å². The molecule has 0 aliphatic heterocycles. The van der Waals surface area contributed by atoms with Crippen LogP contribution < -0.4 is 0 Å². The van der Waals surface area contributed by atoms with Gasteiger partial charge < -0.3 is 4.74 Å². The molecule has 17 heavy (non-hydrogen) atoms. The van der Waals surface area contributed by atoms with Crippen LogP contribution in [-0.4, -0.2) is 12.1 Å². The summed E-state index contributed by atoms with van der Waals surface area (Å²) in [7, 11) is 0. The van der Waals surface area contributed by atoms with Gasteiger partial charge in [0.15, 0.2) is 0 Å². The van der Waals surface area contributed by atoms with Crippen LogP contribution >= 0.6 is 0 Å². The van der Waals surface area contributed by atoms with E-state index in [1.54, 1.807) is 12.1 Å². The molecule has 0 spiro atoms. The number of carbonyl (C=O) groups is 1. The fraction of sp³-hybridized carbons (Fsp3) is 0.400. The molecule has 0 amide bonds. The Morgan fingerprint density at radius 2 is 2.06 bits per heavy atom. The van der Waals surface area contributed by atoms with Crippen LogP contribution in [0.4, 0.5) is 0 Å². The van der Waals surface area contributed by atoms with Gasteiger partial charge in [-0.2, -0.15) is 0 Å². The summed E-state index contributed by atoms with van der Waals surface area (Å²) in [5, 5.41) is 0. The molecule has 2 heteroatoms. The average Bonchev–Trinajstić information content (AvgIpc) is 2.38. The maximum Gasteiger partial charge on any atom is 0.338 e. The van der Waals surface area contributed by atoms with Gasteiger partial charge in [-0.25, -0.2) is 4.79 Å². The van der Waals surface area contributed by atoms with Crippen LogP contribution in [0.1, 0.15) is 43.5 Å². The highest BCUT2D eigenvalue weighted by Crippen LogP contribution is 2.11. The Labute approximate surface area is 103 Å². The number of benzene rings is 1. The highest BCUT2D eigenvalue weighted by atomic mass is 16.5. The van der Waals surface area contributed by atoms with E-state index < -0.39 is 0 Å². The SMILES string of the molecule is CC=CCC[C@@H](CC)OC(=O)c1ccccc1. The third-order valence-corrected chi connectivity index (χ3v) is 2.63. The standard InChI is InChI=1S/C15H20O2/c1-3-5-7-12-14(4-2)17-15(16)13-10-8-6-9-11-13/h3,5-6,8-11,14H,4,7,12H2,1-2H3/t14-/m1/s1. The van der Waals surface area contributed by atoms with Crippen molar-refractivity contribution in [2.45, 2.75) is 39.2 Å². The fourth-order valence-corrected chi connectivity index (χ4v) is 1.59. The molecular weight excluding hydrogens is 212 g/mol. The third-order valence-electron chi connectivity index (χ3n) is 2.63. The lowest BCUT2D eigenvalue weighted by Gasteiger charge is -2.15. The molecule has 0 saturated carbocycles. The topological polar surface area (TPSA) is 26.3 Å². The van der Waals surface area contributed by atoms with Crippen molar-refractivity contribution in [3.05, 3.63) is 48.0 Å². The summed E-state index contributed by atoms with van der Waals surface area (Å²) in [4.78, 5) is 11.8. The minimum Gasteiger partial charge on any atom is -0.459 e. The first kappa shape index (κ1) is 13.5. The van der Waals surface area contributed by atoms with Crippen molar-refractivity contribution in [2.24, 2.45) is 0 Å². The summed E-state index contributed by atoms with van der Waals surface area (Å²) < 4.78 is 5.46. The van der Waals surface area contributed by atoms with Crippen molar-refractivity contribution in [1.82, 2.24) is 0 Å². The van der Waals surface area contributed by atoms with E-state index in [4.69, 9.17) is 4.74 Å². The molecule has 0 N–H and O–H groups in total. The Kier molecular flexibility index (Phi) is 6.08. The highest BCUT2D eigenvalue weighted by molar-refractivity contribution is 5.89. The second-order valence-corrected chi connectivity index (χ2v) is 3.95. The second-order valence-electron chi connectivity index (χ2n) is 3.95. The molecule has 1 rings (SSSR count). The van der Waals surface area contributed by atoms with E-state index in [0.29, 0.717) is 5.56 Å². The number of hydrogen-bond donors (Lipinski definition) is 0. The summed E-state index contributed by atoms with van der Waals surface area (Å²) in [5.74, 6) is -0.224. The molecule has 1 aromatic rings. The summed E-state index contributed by atoms with van der Waals surface area (Å²) in [6, 6.07) is 9.14. The van der Waals surface area contributed by atoms with E-state index in [1.807, 2.05) is 38.1 Å². The van der Waals surface area contributed by atoms with Crippen molar-refractivity contribution >= 4 is 5.97 Å². The quantitative estimate of drug-likeness (QED) is 0.548. The lowest BCUT2D eigenvalue weighted by molar-refractivity contribution is 0.0275. The maximum atomic E-state index is 11.8. The van der Waals surface area contributed by atoms with E-state index in [2.05, 4.69) is 6.08 Å². The average molecular weight is 232 g/mol. The molecule has 2 nitrogen and oxygen atoms in total. The van der Waals surface area contributed by atoms with Crippen LogP contribution in [0, 0.1) is 0 Å². The Morgan fingerprint density at radius 1 is 1.35 bits per heavy atom. The lowest BCUT2D eigenvalue weighted by atomic mass is 10.1. The molecule has 0 aliphatic carbocycles. The Bertz CT molecular complexity index is 354. The molecule has 1 aromatic carbocycles. The molecule has 0 aliphatic rings. The molecule has 0 heterocycles. The van der Waals surface area contributed by atoms with Crippen molar-refractivity contribution in [2.75, 3.05) is 0 Å². The van der Waals surface area contributed by atoms with Gasteiger partial charge in [0, 0.05) is 0 Å². The number of esters is 1. The summed E-state index contributed by atoms with van der Waals surface area (Å²) in [6.45, 7) is 4.04. The molecule has 0 aromatic heterocycles. The van der Waals surface area contributed by atoms with E-state index in [0.717, 1.165) is 19.3 Å². The van der Waals surface area contributed by atoms with Crippen LogP contribution in [0.15, 0.2) is 42.5 Å². The molecule has 0 unspecified atom stereocenters.